The van der Waals surface area contributed by atoms with Crippen molar-refractivity contribution in [3.8, 4) is 0 Å². The molecule has 0 aliphatic carbocycles. The van der Waals surface area contributed by atoms with Gasteiger partial charge in [-0.05, 0) is 88.1 Å². The van der Waals surface area contributed by atoms with E-state index in [1.54, 1.807) is 24.3 Å². The average molecular weight is 871 g/mol. The van der Waals surface area contributed by atoms with E-state index >= 15 is 0 Å². The summed E-state index contributed by atoms with van der Waals surface area (Å²) in [7, 11) is 9.40. The van der Waals surface area contributed by atoms with Gasteiger partial charge in [-0.1, -0.05) is 180 Å². The summed E-state index contributed by atoms with van der Waals surface area (Å²) >= 11 is 1.44. The molecule has 2 aromatic rings. The van der Waals surface area contributed by atoms with Crippen LogP contribution in [0.4, 0.5) is 0 Å². The summed E-state index contributed by atoms with van der Waals surface area (Å²) < 4.78 is 2.39. The average Bonchev–Trinajstić information content (AvgIpc) is 3.24. The molecule has 61 heavy (non-hydrogen) atoms. The van der Waals surface area contributed by atoms with Gasteiger partial charge < -0.3 is 19.2 Å². The molecule has 7 heteroatoms. The normalized spacial score (nSPS) is 11.4. The predicted octanol–water partition coefficient (Wildman–Crippen LogP) is 16.4. The first-order chi connectivity index (χ1) is 29.3. The number of nitrogens with zero attached hydrogens (tertiary/aromatic N) is 2. The van der Waals surface area contributed by atoms with Crippen LogP contribution in [0.15, 0.2) is 58.3 Å². The molecule has 0 saturated carbocycles. The van der Waals surface area contributed by atoms with E-state index in [2.05, 4.69) is 55.9 Å². The van der Waals surface area contributed by atoms with Crippen LogP contribution in [0.3, 0.4) is 0 Å². The summed E-state index contributed by atoms with van der Waals surface area (Å²) in [5.74, 6) is -1.91. The highest BCUT2D eigenvalue weighted by Crippen LogP contribution is 2.28. The highest BCUT2D eigenvalue weighted by atomic mass is 32.2. The Labute approximate surface area is 382 Å². The van der Waals surface area contributed by atoms with Gasteiger partial charge in [-0.3, -0.25) is 0 Å². The number of benzene rings is 2. The molecule has 0 saturated heterocycles. The molecule has 2 rings (SSSR count). The summed E-state index contributed by atoms with van der Waals surface area (Å²) in [5, 5.41) is 17.6. The van der Waals surface area contributed by atoms with Gasteiger partial charge in [0.1, 0.15) is 0 Å². The van der Waals surface area contributed by atoms with Crippen molar-refractivity contribution in [3.05, 3.63) is 59.7 Å². The highest BCUT2D eigenvalue weighted by Gasteiger charge is 2.11. The van der Waals surface area contributed by atoms with Gasteiger partial charge in [0.05, 0.1) is 65.5 Å². The molecule has 0 unspecified atom stereocenters. The number of unbranched alkanes of at least 4 members (excludes halogenated alkanes) is 26. The zero-order chi connectivity index (χ0) is 45.5. The number of rotatable bonds is 36. The SMILES string of the molecule is CCCCCCCCCCCCCCCC[N+](C)(C)CC.CCCCCCCCCCCCCCCC[N+](C)(C)CC.O=C(O)c1ccc(Sc2ccc(C(=O)O)cc2)cc1. The number of carboxylic acid groups (broad SMARTS) is 2. The van der Waals surface area contributed by atoms with Crippen molar-refractivity contribution in [1.82, 2.24) is 0 Å². The van der Waals surface area contributed by atoms with E-state index in [0.717, 1.165) is 9.79 Å². The van der Waals surface area contributed by atoms with Crippen LogP contribution in [0.2, 0.25) is 0 Å². The van der Waals surface area contributed by atoms with Crippen molar-refractivity contribution >= 4 is 23.7 Å². The van der Waals surface area contributed by atoms with Crippen LogP contribution in [0.25, 0.3) is 0 Å². The van der Waals surface area contributed by atoms with E-state index in [1.807, 2.05) is 0 Å². The Morgan fingerprint density at radius 3 is 0.787 bits per heavy atom. The zero-order valence-corrected chi connectivity index (χ0v) is 42.1. The minimum Gasteiger partial charge on any atom is -0.478 e. The van der Waals surface area contributed by atoms with E-state index in [0.29, 0.717) is 0 Å². The Morgan fingerprint density at radius 2 is 0.590 bits per heavy atom. The molecule has 2 N–H and O–H groups in total. The van der Waals surface area contributed by atoms with Gasteiger partial charge >= 0.3 is 11.9 Å². The molecule has 0 fully saturated rings. The summed E-state index contributed by atoms with van der Waals surface area (Å²) in [4.78, 5) is 23.2. The van der Waals surface area contributed by atoms with Gasteiger partial charge in [-0.2, -0.15) is 0 Å². The molecule has 6 nitrogen and oxygen atoms in total. The molecule has 0 spiro atoms. The molecular formula is C54H98N2O4S+2. The molecule has 0 heterocycles. The Hall–Kier alpha value is -2.35. The molecule has 0 atom stereocenters. The smallest absolute Gasteiger partial charge is 0.335 e. The third-order valence-electron chi connectivity index (χ3n) is 12.4. The molecule has 0 amide bonds. The minimum atomic E-state index is -0.956. The van der Waals surface area contributed by atoms with Crippen molar-refractivity contribution in [1.29, 1.82) is 0 Å². The fourth-order valence-corrected chi connectivity index (χ4v) is 8.07. The Morgan fingerprint density at radius 1 is 0.377 bits per heavy atom. The number of hydrogen-bond donors (Lipinski definition) is 2. The Kier molecular flexibility index (Phi) is 37.7. The minimum absolute atomic E-state index is 0.241. The van der Waals surface area contributed by atoms with Crippen LogP contribution in [0.5, 0.6) is 0 Å². The maximum atomic E-state index is 10.7. The zero-order valence-electron chi connectivity index (χ0n) is 41.3. The quantitative estimate of drug-likeness (QED) is 0.0527. The first-order valence-corrected chi connectivity index (χ1v) is 26.1. The largest absolute Gasteiger partial charge is 0.478 e. The summed E-state index contributed by atoms with van der Waals surface area (Å²) in [6, 6.07) is 13.0. The van der Waals surface area contributed by atoms with Crippen LogP contribution < -0.4 is 0 Å². The first kappa shape index (κ1) is 58.6. The van der Waals surface area contributed by atoms with E-state index in [9.17, 15) is 9.59 Å². The lowest BCUT2D eigenvalue weighted by atomic mass is 10.0. The lowest BCUT2D eigenvalue weighted by Crippen LogP contribution is -2.39. The van der Waals surface area contributed by atoms with Crippen LogP contribution in [0, 0.1) is 0 Å². The third kappa shape index (κ3) is 36.8. The molecule has 352 valence electrons. The second-order valence-corrected chi connectivity index (χ2v) is 20.1. The molecular weight excluding hydrogens is 773 g/mol. The maximum Gasteiger partial charge on any atom is 0.335 e. The molecule has 0 aliphatic rings. The van der Waals surface area contributed by atoms with Crippen molar-refractivity contribution in [2.75, 3.05) is 54.4 Å². The Balaban J connectivity index is 0.000000886. The highest BCUT2D eigenvalue weighted by molar-refractivity contribution is 7.99. The second-order valence-electron chi connectivity index (χ2n) is 18.9. The fourth-order valence-electron chi connectivity index (χ4n) is 7.25. The summed E-state index contributed by atoms with van der Waals surface area (Å²) in [5.41, 5.74) is 0.483. The van der Waals surface area contributed by atoms with Gasteiger partial charge in [0.25, 0.3) is 0 Å². The van der Waals surface area contributed by atoms with Crippen molar-refractivity contribution in [3.63, 3.8) is 0 Å². The third-order valence-corrected chi connectivity index (χ3v) is 13.4. The van der Waals surface area contributed by atoms with Gasteiger partial charge in [0.15, 0.2) is 0 Å². The molecule has 2 aromatic carbocycles. The van der Waals surface area contributed by atoms with Crippen LogP contribution in [-0.4, -0.2) is 85.5 Å². The van der Waals surface area contributed by atoms with Crippen LogP contribution in [-0.2, 0) is 0 Å². The molecule has 0 aromatic heterocycles. The van der Waals surface area contributed by atoms with E-state index in [-0.39, 0.29) is 11.1 Å². The van der Waals surface area contributed by atoms with Gasteiger partial charge in [0.2, 0.25) is 0 Å². The fraction of sp³-hybridized carbons (Fsp3) is 0.741. The standard InChI is InChI=1S/2C20H44N.C14H10O4S/c2*1-5-7-8-9-10-11-12-13-14-15-16-17-18-19-20-21(3,4)6-2;15-13(16)9-1-5-11(6-2-9)19-12-7-3-10(4-8-12)14(17)18/h2*5-20H2,1-4H3;1-8H,(H,15,16)(H,17,18)/q2*+1;. The van der Waals surface area contributed by atoms with Crippen LogP contribution in [0.1, 0.15) is 228 Å². The Bertz CT molecular complexity index is 1200. The number of carbonyl (C=O) groups is 2. The van der Waals surface area contributed by atoms with E-state index in [1.165, 1.54) is 251 Å². The maximum absolute atomic E-state index is 10.7. The molecule has 0 radical (unpaired) electrons. The molecule has 0 bridgehead atoms. The molecule has 0 aliphatic heterocycles. The van der Waals surface area contributed by atoms with Crippen molar-refractivity contribution < 1.29 is 28.8 Å². The lowest BCUT2D eigenvalue weighted by Gasteiger charge is -2.28. The van der Waals surface area contributed by atoms with Gasteiger partial charge in [-0.15, -0.1) is 0 Å². The van der Waals surface area contributed by atoms with Gasteiger partial charge in [0, 0.05) is 9.79 Å². The second kappa shape index (κ2) is 39.3. The summed E-state index contributed by atoms with van der Waals surface area (Å²) in [6.07, 6.45) is 40.8. The number of aromatic carboxylic acids is 2. The van der Waals surface area contributed by atoms with E-state index < -0.39 is 11.9 Å². The topological polar surface area (TPSA) is 74.6 Å². The number of hydrogen-bond acceptors (Lipinski definition) is 3. The van der Waals surface area contributed by atoms with E-state index in [4.69, 9.17) is 10.2 Å². The monoisotopic (exact) mass is 871 g/mol. The van der Waals surface area contributed by atoms with Crippen molar-refractivity contribution in [2.45, 2.75) is 217 Å². The first-order valence-electron chi connectivity index (χ1n) is 25.3. The number of quaternary nitrogens is 2. The summed E-state index contributed by atoms with van der Waals surface area (Å²) in [6.45, 7) is 14.4. The van der Waals surface area contributed by atoms with Gasteiger partial charge in [-0.25, -0.2) is 9.59 Å². The van der Waals surface area contributed by atoms with Crippen molar-refractivity contribution in [2.24, 2.45) is 0 Å². The predicted molar refractivity (Wildman–Crippen MR) is 267 cm³/mol. The number of carboxylic acids is 2. The van der Waals surface area contributed by atoms with Crippen LogP contribution >= 0.6 is 11.8 Å². The lowest BCUT2D eigenvalue weighted by molar-refractivity contribution is -0.888.